The van der Waals surface area contributed by atoms with Crippen molar-refractivity contribution >= 4 is 5.97 Å². The molecule has 1 aliphatic rings. The fraction of sp³-hybridized carbons (Fsp3) is 0.300. The van der Waals surface area contributed by atoms with Gasteiger partial charge in [-0.1, -0.05) is 6.07 Å². The molecule has 74 valence electrons. The van der Waals surface area contributed by atoms with E-state index < -0.39 is 17.6 Å². The van der Waals surface area contributed by atoms with Gasteiger partial charge in [-0.25, -0.2) is 9.18 Å². The number of rotatable bonds is 0. The third-order valence-electron chi connectivity index (χ3n) is 1.87. The first-order valence-electron chi connectivity index (χ1n) is 4.20. The summed E-state index contributed by atoms with van der Waals surface area (Å²) in [7, 11) is 0. The van der Waals surface area contributed by atoms with Crippen molar-refractivity contribution < 1.29 is 18.7 Å². The lowest BCUT2D eigenvalue weighted by atomic mass is 10.1. The minimum Gasteiger partial charge on any atom is -0.452 e. The minimum atomic E-state index is -1.03. The van der Waals surface area contributed by atoms with Gasteiger partial charge in [-0.05, 0) is 12.1 Å². The number of hydrogen-bond acceptors (Lipinski definition) is 3. The van der Waals surface area contributed by atoms with E-state index in [1.54, 1.807) is 19.9 Å². The smallest absolute Gasteiger partial charge is 0.348 e. The summed E-state index contributed by atoms with van der Waals surface area (Å²) < 4.78 is 23.4. The fourth-order valence-electron chi connectivity index (χ4n) is 1.35. The molecule has 0 radical (unpaired) electrons. The number of fused-ring (bicyclic) bond motifs is 1. The van der Waals surface area contributed by atoms with Crippen LogP contribution < -0.4 is 4.74 Å². The third kappa shape index (κ3) is 1.32. The Morgan fingerprint density at radius 2 is 2.00 bits per heavy atom. The van der Waals surface area contributed by atoms with E-state index in [9.17, 15) is 9.18 Å². The number of benzene rings is 1. The average Bonchev–Trinajstić information content (AvgIpc) is 2.00. The largest absolute Gasteiger partial charge is 0.452 e. The van der Waals surface area contributed by atoms with Gasteiger partial charge in [0.1, 0.15) is 17.1 Å². The SMILES string of the molecule is CC1(C)OC(=O)c2c(F)cccc2O1. The van der Waals surface area contributed by atoms with Crippen molar-refractivity contribution in [1.82, 2.24) is 0 Å². The highest BCUT2D eigenvalue weighted by molar-refractivity contribution is 5.93. The highest BCUT2D eigenvalue weighted by Gasteiger charge is 2.35. The number of esters is 1. The minimum absolute atomic E-state index is 0.133. The molecule has 0 unspecified atom stereocenters. The summed E-state index contributed by atoms with van der Waals surface area (Å²) in [4.78, 5) is 11.4. The van der Waals surface area contributed by atoms with E-state index in [0.717, 1.165) is 0 Å². The third-order valence-corrected chi connectivity index (χ3v) is 1.87. The second-order valence-corrected chi connectivity index (χ2v) is 3.50. The van der Waals surface area contributed by atoms with E-state index >= 15 is 0 Å². The van der Waals surface area contributed by atoms with Crippen LogP contribution in [0.3, 0.4) is 0 Å². The topological polar surface area (TPSA) is 35.5 Å². The van der Waals surface area contributed by atoms with E-state index in [-0.39, 0.29) is 11.3 Å². The molecule has 0 atom stereocenters. The molecule has 3 nitrogen and oxygen atoms in total. The van der Waals surface area contributed by atoms with Crippen molar-refractivity contribution in [3.8, 4) is 5.75 Å². The monoisotopic (exact) mass is 196 g/mol. The second kappa shape index (κ2) is 2.70. The zero-order valence-electron chi connectivity index (χ0n) is 7.83. The molecule has 0 spiro atoms. The summed E-state index contributed by atoms with van der Waals surface area (Å²) in [5, 5.41) is 0. The predicted octanol–water partition coefficient (Wildman–Crippen LogP) is 2.11. The van der Waals surface area contributed by atoms with E-state index in [0.29, 0.717) is 0 Å². The van der Waals surface area contributed by atoms with Gasteiger partial charge < -0.3 is 9.47 Å². The molecule has 1 aliphatic heterocycles. The molecule has 2 rings (SSSR count). The fourth-order valence-corrected chi connectivity index (χ4v) is 1.35. The average molecular weight is 196 g/mol. The molecule has 1 aromatic rings. The first-order chi connectivity index (χ1) is 6.49. The van der Waals surface area contributed by atoms with Gasteiger partial charge in [0.05, 0.1) is 0 Å². The first-order valence-corrected chi connectivity index (χ1v) is 4.20. The zero-order valence-corrected chi connectivity index (χ0v) is 7.83. The molecule has 0 bridgehead atoms. The number of cyclic esters (lactones) is 1. The van der Waals surface area contributed by atoms with E-state index in [2.05, 4.69) is 0 Å². The predicted molar refractivity (Wildman–Crippen MR) is 46.5 cm³/mol. The molecule has 0 N–H and O–H groups in total. The molecule has 0 fully saturated rings. The van der Waals surface area contributed by atoms with Crippen molar-refractivity contribution in [2.45, 2.75) is 19.6 Å². The molecule has 1 aromatic carbocycles. The highest BCUT2D eigenvalue weighted by Crippen LogP contribution is 2.32. The second-order valence-electron chi connectivity index (χ2n) is 3.50. The Morgan fingerprint density at radius 3 is 2.71 bits per heavy atom. The number of halogens is 1. The molecule has 0 aromatic heterocycles. The molecule has 4 heteroatoms. The van der Waals surface area contributed by atoms with E-state index in [1.165, 1.54) is 12.1 Å². The van der Waals surface area contributed by atoms with Crippen LogP contribution in [0.4, 0.5) is 4.39 Å². The zero-order chi connectivity index (χ0) is 10.3. The molecule has 1 heterocycles. The van der Waals surface area contributed by atoms with Gasteiger partial charge in [0.2, 0.25) is 5.79 Å². The van der Waals surface area contributed by atoms with Crippen molar-refractivity contribution in [2.24, 2.45) is 0 Å². The van der Waals surface area contributed by atoms with E-state index in [4.69, 9.17) is 9.47 Å². The lowest BCUT2D eigenvalue weighted by molar-refractivity contribution is -0.127. The molecule has 0 saturated heterocycles. The lowest BCUT2D eigenvalue weighted by Gasteiger charge is -2.31. The molecule has 0 aliphatic carbocycles. The lowest BCUT2D eigenvalue weighted by Crippen LogP contribution is -2.39. The van der Waals surface area contributed by atoms with Crippen LogP contribution in [0.25, 0.3) is 0 Å². The standard InChI is InChI=1S/C10H9FO3/c1-10(2)13-7-5-3-4-6(11)8(7)9(12)14-10/h3-5H,1-2H3. The van der Waals surface area contributed by atoms with Crippen LogP contribution in [0, 0.1) is 5.82 Å². The summed E-state index contributed by atoms with van der Waals surface area (Å²) in [6.07, 6.45) is 0. The van der Waals surface area contributed by atoms with Crippen LogP contribution in [0.1, 0.15) is 24.2 Å². The van der Waals surface area contributed by atoms with Crippen LogP contribution in [0.2, 0.25) is 0 Å². The van der Waals surface area contributed by atoms with Crippen molar-refractivity contribution in [2.75, 3.05) is 0 Å². The van der Waals surface area contributed by atoms with Gasteiger partial charge in [0, 0.05) is 13.8 Å². The quantitative estimate of drug-likeness (QED) is 0.596. The van der Waals surface area contributed by atoms with Crippen LogP contribution in [0.15, 0.2) is 18.2 Å². The molecular formula is C10H9FO3. The Kier molecular flexibility index (Phi) is 1.74. The van der Waals surface area contributed by atoms with Gasteiger partial charge in [-0.2, -0.15) is 0 Å². The maximum atomic E-state index is 13.2. The number of hydrogen-bond donors (Lipinski definition) is 0. The van der Waals surface area contributed by atoms with Gasteiger partial charge in [0.25, 0.3) is 0 Å². The van der Waals surface area contributed by atoms with Crippen LogP contribution in [-0.4, -0.2) is 11.8 Å². The summed E-state index contributed by atoms with van der Waals surface area (Å²) in [5.41, 5.74) is -0.133. The van der Waals surface area contributed by atoms with Gasteiger partial charge in [-0.15, -0.1) is 0 Å². The normalized spacial score (nSPS) is 18.1. The van der Waals surface area contributed by atoms with E-state index in [1.807, 2.05) is 0 Å². The Morgan fingerprint density at radius 1 is 1.29 bits per heavy atom. The number of ether oxygens (including phenoxy) is 2. The Balaban J connectivity index is 2.56. The van der Waals surface area contributed by atoms with Crippen molar-refractivity contribution in [1.29, 1.82) is 0 Å². The van der Waals surface area contributed by atoms with Crippen molar-refractivity contribution in [3.63, 3.8) is 0 Å². The number of carbonyl (C=O) groups excluding carboxylic acids is 1. The van der Waals surface area contributed by atoms with Crippen LogP contribution in [0.5, 0.6) is 5.75 Å². The van der Waals surface area contributed by atoms with Crippen LogP contribution in [-0.2, 0) is 4.74 Å². The molecular weight excluding hydrogens is 187 g/mol. The Bertz CT molecular complexity index is 398. The maximum Gasteiger partial charge on any atom is 0.348 e. The highest BCUT2D eigenvalue weighted by atomic mass is 19.1. The van der Waals surface area contributed by atoms with Crippen LogP contribution >= 0.6 is 0 Å². The molecule has 0 saturated carbocycles. The number of carbonyl (C=O) groups is 1. The first kappa shape index (κ1) is 8.99. The van der Waals surface area contributed by atoms with Gasteiger partial charge in [-0.3, -0.25) is 0 Å². The summed E-state index contributed by atoms with van der Waals surface area (Å²) in [5.74, 6) is -2.11. The van der Waals surface area contributed by atoms with Gasteiger partial charge >= 0.3 is 5.97 Å². The Hall–Kier alpha value is -1.58. The summed E-state index contributed by atoms with van der Waals surface area (Å²) in [6, 6.07) is 4.23. The Labute approximate surface area is 80.4 Å². The van der Waals surface area contributed by atoms with Gasteiger partial charge in [0.15, 0.2) is 0 Å². The summed E-state index contributed by atoms with van der Waals surface area (Å²) in [6.45, 7) is 3.19. The van der Waals surface area contributed by atoms with Crippen molar-refractivity contribution in [3.05, 3.63) is 29.6 Å². The molecule has 14 heavy (non-hydrogen) atoms. The molecule has 0 amide bonds. The summed E-state index contributed by atoms with van der Waals surface area (Å²) >= 11 is 0. The maximum absolute atomic E-state index is 13.2.